The number of amides is 6. The van der Waals surface area contributed by atoms with Gasteiger partial charge in [0.05, 0.1) is 33.4 Å². The number of nitrogens with zero attached hydrogens (tertiary/aromatic N) is 12. The standard InChI is InChI=1S/2C33H31N5O2.C30H25N3O2.C3H6N2/c1-36(2)31-21-9-7-17-37-19-25(23-11-3-5-13-27(23)37)29-30(33(40)35-32(29)39)26-20-38(28-14-6-4-12-24(26)28)18-8-10-22(34-31)16-15-21;1-36(2)29-18-21-9-7-15-37-19-25(23-11-3-5-13-27(23)37)30-31(33(40)35-32(30)39)26-20-38(16-8-10-22(17-21)34-29)28-14-6-4-12-24(26)28;1-3-5-11-17-32-19-23(21-13-7-9-15-25(21)32)27-28(30(35)31-29(27)34)24-20-33(18-12-6-4-2)26-16-10-8-14-22(24)26;1-5(2)3-4/h3-6,11-16,19-20H,7-10,17-18H2,1-2H3,(H,35,39,40);3-6,11-14,17-20H,7-10,15-16H2,1-2H3,(H,35,39,40);1-2,7-10,13-16,19-20H,5-6,11-12,17-18H2,(H,31,34,35);1-2H3. The van der Waals surface area contributed by atoms with Gasteiger partial charge in [-0.3, -0.25) is 44.7 Å². The third-order valence-corrected chi connectivity index (χ3v) is 23.0. The number of unbranched alkanes of at least 4 members (excludes halogenated alkanes) is 2. The maximum atomic E-state index is 13.4. The van der Waals surface area contributed by atoms with E-state index in [-0.39, 0.29) is 35.4 Å². The average molecular weight is 1590 g/mol. The van der Waals surface area contributed by atoms with E-state index in [0.29, 0.717) is 46.3 Å². The van der Waals surface area contributed by atoms with Gasteiger partial charge in [0.25, 0.3) is 35.4 Å². The van der Waals surface area contributed by atoms with Crippen molar-refractivity contribution in [3.8, 4) is 30.9 Å². The number of benzene rings is 6. The van der Waals surface area contributed by atoms with Crippen LogP contribution in [-0.4, -0.2) is 120 Å². The SMILES string of the molecule is C#CCCCn1cc(C2=C(c3cn(CCCC#C)c4ccccc34)C(=O)NC2=O)c2ccccc21.CN(C)C#N.CN(C)c1cc2cc(n1)CCCn1cc(c3ccccc31)C1=C(C(=O)NC1=O)c1cn(c3ccccc13)CCC2.CN(C)c1nc2ccc1CCCn1cc(c3ccccc31)C1=C(C(=O)NC1=O)c1cn(c3ccccc13)CCC2. The van der Waals surface area contributed by atoms with Gasteiger partial charge in [0, 0.05) is 242 Å². The fourth-order valence-electron chi connectivity index (χ4n) is 17.5. The molecule has 14 aromatic rings. The van der Waals surface area contributed by atoms with Gasteiger partial charge in [-0.15, -0.1) is 24.7 Å². The molecule has 14 heterocycles. The van der Waals surface area contributed by atoms with Gasteiger partial charge in [-0.2, -0.15) is 5.26 Å². The zero-order valence-corrected chi connectivity index (χ0v) is 68.3. The molecule has 21 heteroatoms. The van der Waals surface area contributed by atoms with Crippen molar-refractivity contribution in [1.29, 1.82) is 5.26 Å². The number of imide groups is 3. The van der Waals surface area contributed by atoms with E-state index in [0.717, 1.165) is 225 Å². The van der Waals surface area contributed by atoms with Crippen LogP contribution in [0.25, 0.3) is 98.9 Å². The van der Waals surface area contributed by atoms with Crippen LogP contribution in [0, 0.1) is 36.1 Å². The zero-order chi connectivity index (χ0) is 83.4. The number of fused-ring (bicyclic) bond motifs is 24. The lowest BCUT2D eigenvalue weighted by molar-refractivity contribution is -0.124. The summed E-state index contributed by atoms with van der Waals surface area (Å²) in [4.78, 5) is 95.5. The minimum Gasteiger partial charge on any atom is -0.363 e. The summed E-state index contributed by atoms with van der Waals surface area (Å²) in [6.07, 6.45) is 35.1. The molecule has 3 N–H and O–H groups in total. The Hall–Kier alpha value is -14.5. The van der Waals surface area contributed by atoms with Crippen LogP contribution in [-0.2, 0) is 93.7 Å². The smallest absolute Gasteiger partial charge is 0.259 e. The van der Waals surface area contributed by atoms with Crippen molar-refractivity contribution in [1.82, 2.24) is 58.2 Å². The molecule has 6 aliphatic rings. The third kappa shape index (κ3) is 15.5. The Morgan fingerprint density at radius 2 is 0.692 bits per heavy atom. The maximum Gasteiger partial charge on any atom is 0.259 e. The minimum atomic E-state index is -0.374. The molecule has 0 unspecified atom stereocenters. The van der Waals surface area contributed by atoms with E-state index in [1.807, 2.05) is 166 Å². The Balaban J connectivity index is 0.000000131. The number of nitriles is 1. The molecule has 0 aliphatic carbocycles. The highest BCUT2D eigenvalue weighted by atomic mass is 16.2. The molecule has 6 aliphatic heterocycles. The highest BCUT2D eigenvalue weighted by molar-refractivity contribution is 6.53. The predicted octanol–water partition coefficient (Wildman–Crippen LogP) is 15.4. The van der Waals surface area contributed by atoms with Gasteiger partial charge >= 0.3 is 0 Å². The number of pyridine rings is 2. The van der Waals surface area contributed by atoms with Gasteiger partial charge in [0.2, 0.25) is 0 Å². The molecule has 6 amide bonds. The van der Waals surface area contributed by atoms with Crippen molar-refractivity contribution >= 4 is 146 Å². The lowest BCUT2D eigenvalue weighted by atomic mass is 9.95. The van der Waals surface area contributed by atoms with Crippen LogP contribution in [0.5, 0.6) is 0 Å². The summed E-state index contributed by atoms with van der Waals surface area (Å²) in [5.41, 5.74) is 18.3. The van der Waals surface area contributed by atoms with E-state index in [1.165, 1.54) is 16.0 Å². The molecule has 0 fully saturated rings. The topological polar surface area (TPSA) is 227 Å². The predicted molar refractivity (Wildman–Crippen MR) is 477 cm³/mol. The molecule has 0 radical (unpaired) electrons. The number of aromatic nitrogens is 8. The number of rotatable bonds is 10. The Morgan fingerprint density at radius 3 is 1.03 bits per heavy atom. The molecule has 0 atom stereocenters. The molecule has 120 heavy (non-hydrogen) atoms. The van der Waals surface area contributed by atoms with Crippen molar-refractivity contribution in [2.24, 2.45) is 0 Å². The molecule has 8 aromatic heterocycles. The van der Waals surface area contributed by atoms with Crippen molar-refractivity contribution in [3.63, 3.8) is 0 Å². The number of nitrogens with one attached hydrogen (secondary N) is 3. The highest BCUT2D eigenvalue weighted by Gasteiger charge is 2.39. The van der Waals surface area contributed by atoms with Crippen molar-refractivity contribution in [2.75, 3.05) is 52.1 Å². The number of aryl methyl sites for hydroxylation is 10. The number of carbonyl (C=O) groups is 6. The number of terminal acetylenes is 2. The molecule has 0 saturated heterocycles. The highest BCUT2D eigenvalue weighted by Crippen LogP contribution is 2.44. The Bertz CT molecular complexity index is 6450. The normalized spacial score (nSPS) is 14.7. The summed E-state index contributed by atoms with van der Waals surface area (Å²) in [5, 5.41) is 21.3. The number of anilines is 2. The monoisotopic (exact) mass is 1590 g/mol. The first-order chi connectivity index (χ1) is 58.4. The van der Waals surface area contributed by atoms with Crippen LogP contribution in [0.4, 0.5) is 11.6 Å². The van der Waals surface area contributed by atoms with Gasteiger partial charge in [-0.1, -0.05) is 115 Å². The lowest BCUT2D eigenvalue weighted by Crippen LogP contribution is -2.22. The van der Waals surface area contributed by atoms with Crippen molar-refractivity contribution < 1.29 is 28.8 Å². The Labute approximate surface area is 696 Å². The largest absolute Gasteiger partial charge is 0.363 e. The second kappa shape index (κ2) is 34.4. The number of para-hydroxylation sites is 6. The van der Waals surface area contributed by atoms with Crippen molar-refractivity contribution in [3.05, 3.63) is 263 Å². The second-order valence-corrected chi connectivity index (χ2v) is 31.5. The zero-order valence-electron chi connectivity index (χ0n) is 68.3. The lowest BCUT2D eigenvalue weighted by Gasteiger charge is -2.18. The minimum absolute atomic E-state index is 0.337. The first-order valence-electron chi connectivity index (χ1n) is 40.9. The molecule has 21 nitrogen and oxygen atoms in total. The second-order valence-electron chi connectivity index (χ2n) is 31.5. The summed E-state index contributed by atoms with van der Waals surface area (Å²) in [5.74, 6) is 5.28. The Kier molecular flexibility index (Phi) is 22.7. The van der Waals surface area contributed by atoms with E-state index in [4.69, 9.17) is 28.1 Å². The van der Waals surface area contributed by atoms with E-state index in [2.05, 4.69) is 140 Å². The van der Waals surface area contributed by atoms with Crippen LogP contribution in [0.1, 0.15) is 107 Å². The van der Waals surface area contributed by atoms with E-state index in [9.17, 15) is 28.8 Å². The summed E-state index contributed by atoms with van der Waals surface area (Å²) in [6, 6.07) is 57.3. The molecule has 600 valence electrons. The van der Waals surface area contributed by atoms with E-state index >= 15 is 0 Å². The van der Waals surface area contributed by atoms with Crippen LogP contribution in [0.3, 0.4) is 0 Å². The van der Waals surface area contributed by atoms with Gasteiger partial charge in [0.1, 0.15) is 11.6 Å². The fraction of sp³-hybridized carbons (Fsp3) is 0.242. The quantitative estimate of drug-likeness (QED) is 0.0382. The molecular formula is C99H93N15O6. The molecule has 20 rings (SSSR count). The van der Waals surface area contributed by atoms with Gasteiger partial charge in [0.15, 0.2) is 6.19 Å². The maximum absolute atomic E-state index is 13.4. The summed E-state index contributed by atoms with van der Waals surface area (Å²) in [6.45, 7) is 4.61. The first-order valence-corrected chi connectivity index (χ1v) is 40.9. The number of carbonyl (C=O) groups excluding carboxylic acids is 6. The molecule has 6 aromatic carbocycles. The van der Waals surface area contributed by atoms with Crippen LogP contribution in [0.15, 0.2) is 207 Å². The number of hydrogen-bond acceptors (Lipinski definition) is 12. The molecular weight excluding hydrogens is 1500 g/mol. The fourth-order valence-corrected chi connectivity index (χ4v) is 17.5. The number of hydrogen-bond donors (Lipinski definition) is 3. The average Bonchev–Trinajstić information content (AvgIpc) is 1.59. The summed E-state index contributed by atoms with van der Waals surface area (Å²) >= 11 is 0. The van der Waals surface area contributed by atoms with E-state index in [1.54, 1.807) is 14.1 Å². The van der Waals surface area contributed by atoms with Crippen LogP contribution in [0.2, 0.25) is 0 Å². The Morgan fingerprint density at radius 1 is 0.375 bits per heavy atom. The summed E-state index contributed by atoms with van der Waals surface area (Å²) in [7, 11) is 11.6. The van der Waals surface area contributed by atoms with Gasteiger partial charge in [-0.25, -0.2) is 9.97 Å². The van der Waals surface area contributed by atoms with Crippen LogP contribution < -0.4 is 25.8 Å². The summed E-state index contributed by atoms with van der Waals surface area (Å²) < 4.78 is 13.1. The molecule has 0 saturated carbocycles. The third-order valence-electron chi connectivity index (χ3n) is 23.0. The van der Waals surface area contributed by atoms with Gasteiger partial charge < -0.3 is 42.1 Å². The van der Waals surface area contributed by atoms with E-state index < -0.39 is 0 Å². The first kappa shape index (κ1) is 79.4. The van der Waals surface area contributed by atoms with Crippen LogP contribution >= 0.6 is 0 Å². The molecule has 12 bridgehead atoms. The van der Waals surface area contributed by atoms with Crippen molar-refractivity contribution in [2.45, 2.75) is 116 Å². The molecule has 0 spiro atoms. The van der Waals surface area contributed by atoms with Gasteiger partial charge in [-0.05, 0) is 130 Å².